The molecular formula is C19H18O3. The van der Waals surface area contributed by atoms with E-state index in [9.17, 15) is 9.90 Å². The van der Waals surface area contributed by atoms with Crippen LogP contribution in [0.2, 0.25) is 0 Å². The smallest absolute Gasteiger partial charge is 0.200 e. The predicted molar refractivity (Wildman–Crippen MR) is 88.2 cm³/mol. The van der Waals surface area contributed by atoms with E-state index in [0.29, 0.717) is 16.5 Å². The van der Waals surface area contributed by atoms with Crippen LogP contribution in [0.5, 0.6) is 5.75 Å². The van der Waals surface area contributed by atoms with E-state index in [1.807, 2.05) is 30.3 Å². The molecule has 0 fully saturated rings. The van der Waals surface area contributed by atoms with Gasteiger partial charge in [-0.3, -0.25) is 4.79 Å². The molecule has 2 aromatic carbocycles. The second kappa shape index (κ2) is 6.06. The topological polar surface area (TPSA) is 50.4 Å². The third-order valence-corrected chi connectivity index (χ3v) is 3.86. The van der Waals surface area contributed by atoms with E-state index in [1.54, 1.807) is 6.07 Å². The fourth-order valence-corrected chi connectivity index (χ4v) is 2.59. The molecule has 22 heavy (non-hydrogen) atoms. The Balaban J connectivity index is 2.17. The van der Waals surface area contributed by atoms with Gasteiger partial charge in [0.15, 0.2) is 0 Å². The summed E-state index contributed by atoms with van der Waals surface area (Å²) in [5.74, 6) is 0.191. The van der Waals surface area contributed by atoms with Crippen LogP contribution in [0, 0.1) is 0 Å². The molecule has 3 heteroatoms. The maximum Gasteiger partial charge on any atom is 0.200 e. The van der Waals surface area contributed by atoms with Gasteiger partial charge in [0.25, 0.3) is 0 Å². The second-order valence-corrected chi connectivity index (χ2v) is 5.43. The van der Waals surface area contributed by atoms with Crippen molar-refractivity contribution >= 4 is 11.0 Å². The number of benzene rings is 2. The van der Waals surface area contributed by atoms with Gasteiger partial charge in [0.1, 0.15) is 17.6 Å². The molecule has 0 saturated carbocycles. The number of rotatable bonds is 4. The van der Waals surface area contributed by atoms with Crippen molar-refractivity contribution in [3.63, 3.8) is 0 Å². The normalized spacial score (nSPS) is 11.0. The van der Waals surface area contributed by atoms with Gasteiger partial charge in [-0.25, -0.2) is 0 Å². The van der Waals surface area contributed by atoms with Crippen LogP contribution < -0.4 is 5.43 Å². The van der Waals surface area contributed by atoms with Crippen molar-refractivity contribution < 1.29 is 9.52 Å². The summed E-state index contributed by atoms with van der Waals surface area (Å²) in [6.45, 7) is 2.10. The lowest BCUT2D eigenvalue weighted by atomic mass is 10.0. The molecule has 1 N–H and O–H groups in total. The lowest BCUT2D eigenvalue weighted by Crippen LogP contribution is -2.05. The number of phenolic OH excluding ortho intramolecular Hbond substituents is 1. The van der Waals surface area contributed by atoms with Gasteiger partial charge < -0.3 is 9.52 Å². The first-order valence-corrected chi connectivity index (χ1v) is 7.53. The van der Waals surface area contributed by atoms with Crippen LogP contribution in [-0.4, -0.2) is 5.11 Å². The number of aryl methyl sites for hydroxylation is 1. The molecule has 0 atom stereocenters. The molecule has 0 aliphatic carbocycles. The summed E-state index contributed by atoms with van der Waals surface area (Å²) in [6, 6.07) is 12.8. The van der Waals surface area contributed by atoms with Crippen LogP contribution in [0.3, 0.4) is 0 Å². The maximum atomic E-state index is 12.7. The van der Waals surface area contributed by atoms with E-state index in [4.69, 9.17) is 4.42 Å². The first-order valence-electron chi connectivity index (χ1n) is 7.53. The van der Waals surface area contributed by atoms with Crippen molar-refractivity contribution in [3.8, 4) is 16.9 Å². The molecule has 3 rings (SSSR count). The van der Waals surface area contributed by atoms with E-state index in [0.717, 1.165) is 30.4 Å². The van der Waals surface area contributed by atoms with Crippen molar-refractivity contribution in [2.24, 2.45) is 0 Å². The molecular weight excluding hydrogens is 276 g/mol. The third kappa shape index (κ3) is 2.62. The number of aromatic hydroxyl groups is 1. The highest BCUT2D eigenvalue weighted by molar-refractivity contribution is 5.83. The van der Waals surface area contributed by atoms with Gasteiger partial charge in [-0.15, -0.1) is 0 Å². The van der Waals surface area contributed by atoms with Gasteiger partial charge in [0.05, 0.1) is 10.9 Å². The minimum atomic E-state index is -0.0646. The Kier molecular flexibility index (Phi) is 3.96. The monoisotopic (exact) mass is 294 g/mol. The van der Waals surface area contributed by atoms with E-state index < -0.39 is 0 Å². The first kappa shape index (κ1) is 14.4. The van der Waals surface area contributed by atoms with Crippen LogP contribution in [0.4, 0.5) is 0 Å². The first-order chi connectivity index (χ1) is 10.7. The van der Waals surface area contributed by atoms with E-state index in [2.05, 4.69) is 6.92 Å². The summed E-state index contributed by atoms with van der Waals surface area (Å²) in [4.78, 5) is 12.7. The number of fused-ring (bicyclic) bond motifs is 1. The Morgan fingerprint density at radius 2 is 1.91 bits per heavy atom. The van der Waals surface area contributed by atoms with Gasteiger partial charge in [0, 0.05) is 6.07 Å². The van der Waals surface area contributed by atoms with Crippen molar-refractivity contribution in [2.45, 2.75) is 26.2 Å². The molecule has 0 bridgehead atoms. The van der Waals surface area contributed by atoms with Crippen LogP contribution in [0.1, 0.15) is 25.3 Å². The van der Waals surface area contributed by atoms with Crippen LogP contribution >= 0.6 is 0 Å². The summed E-state index contributed by atoms with van der Waals surface area (Å²) in [5.41, 5.74) is 2.53. The Morgan fingerprint density at radius 1 is 1.14 bits per heavy atom. The molecule has 1 heterocycles. The SMILES string of the molecule is CCCCc1cc2c(=O)c(-c3ccccc3)coc2cc1O. The average Bonchev–Trinajstić information content (AvgIpc) is 2.54. The zero-order valence-corrected chi connectivity index (χ0v) is 12.5. The number of hydrogen-bond acceptors (Lipinski definition) is 3. The molecule has 0 radical (unpaired) electrons. The summed E-state index contributed by atoms with van der Waals surface area (Å²) in [7, 11) is 0. The highest BCUT2D eigenvalue weighted by Crippen LogP contribution is 2.27. The Labute approximate surface area is 128 Å². The fraction of sp³-hybridized carbons (Fsp3) is 0.211. The number of phenols is 1. The molecule has 3 nitrogen and oxygen atoms in total. The van der Waals surface area contributed by atoms with Crippen LogP contribution in [0.25, 0.3) is 22.1 Å². The average molecular weight is 294 g/mol. The molecule has 0 saturated heterocycles. The Morgan fingerprint density at radius 3 is 2.64 bits per heavy atom. The maximum absolute atomic E-state index is 12.7. The van der Waals surface area contributed by atoms with Gasteiger partial charge >= 0.3 is 0 Å². The predicted octanol–water partition coefficient (Wildman–Crippen LogP) is 4.51. The highest BCUT2D eigenvalue weighted by Gasteiger charge is 2.12. The molecule has 0 unspecified atom stereocenters. The molecule has 0 aliphatic heterocycles. The lowest BCUT2D eigenvalue weighted by molar-refractivity contribution is 0.466. The minimum Gasteiger partial charge on any atom is -0.508 e. The van der Waals surface area contributed by atoms with Gasteiger partial charge in [-0.05, 0) is 30.0 Å². The molecule has 1 aromatic heterocycles. The molecule has 3 aromatic rings. The summed E-state index contributed by atoms with van der Waals surface area (Å²) < 4.78 is 5.56. The van der Waals surface area contributed by atoms with Crippen molar-refractivity contribution in [1.29, 1.82) is 0 Å². The van der Waals surface area contributed by atoms with E-state index >= 15 is 0 Å². The van der Waals surface area contributed by atoms with Gasteiger partial charge in [0.2, 0.25) is 5.43 Å². The molecule has 0 aliphatic rings. The van der Waals surface area contributed by atoms with Gasteiger partial charge in [-0.2, -0.15) is 0 Å². The molecule has 0 spiro atoms. The van der Waals surface area contributed by atoms with Crippen molar-refractivity contribution in [3.05, 3.63) is 64.5 Å². The third-order valence-electron chi connectivity index (χ3n) is 3.86. The Bertz CT molecular complexity index is 848. The van der Waals surface area contributed by atoms with E-state index in [1.165, 1.54) is 12.3 Å². The minimum absolute atomic E-state index is 0.0646. The largest absolute Gasteiger partial charge is 0.508 e. The lowest BCUT2D eigenvalue weighted by Gasteiger charge is -2.07. The van der Waals surface area contributed by atoms with Crippen LogP contribution in [0.15, 0.2) is 57.9 Å². The zero-order valence-electron chi connectivity index (χ0n) is 12.5. The molecule has 0 amide bonds. The van der Waals surface area contributed by atoms with Crippen LogP contribution in [-0.2, 0) is 6.42 Å². The van der Waals surface area contributed by atoms with E-state index in [-0.39, 0.29) is 11.2 Å². The number of unbranched alkanes of at least 4 members (excludes halogenated alkanes) is 1. The van der Waals surface area contributed by atoms with Gasteiger partial charge in [-0.1, -0.05) is 43.7 Å². The number of hydrogen-bond donors (Lipinski definition) is 1. The van der Waals surface area contributed by atoms with Crippen molar-refractivity contribution in [1.82, 2.24) is 0 Å². The summed E-state index contributed by atoms with van der Waals surface area (Å²) in [6.07, 6.45) is 4.23. The Hall–Kier alpha value is -2.55. The standard InChI is InChI=1S/C19H18O3/c1-2-3-7-14-10-15-18(11-17(14)20)22-12-16(19(15)21)13-8-5-4-6-9-13/h4-6,8-12,20H,2-3,7H2,1H3. The zero-order chi connectivity index (χ0) is 15.5. The second-order valence-electron chi connectivity index (χ2n) is 5.43. The quantitative estimate of drug-likeness (QED) is 0.770. The van der Waals surface area contributed by atoms with Crippen molar-refractivity contribution in [2.75, 3.05) is 0 Å². The molecule has 112 valence electrons. The highest BCUT2D eigenvalue weighted by atomic mass is 16.3. The fourth-order valence-electron chi connectivity index (χ4n) is 2.59. The summed E-state index contributed by atoms with van der Waals surface area (Å²) >= 11 is 0. The summed E-state index contributed by atoms with van der Waals surface area (Å²) in [5, 5.41) is 10.6.